The SMILES string of the molecule is N#C[C@@H]1CCCN1C(=O)CNC1CCC(=NOCc2ccccc2)CC1. The van der Waals surface area contributed by atoms with Crippen LogP contribution in [0.3, 0.4) is 0 Å². The molecule has 3 rings (SSSR count). The molecule has 0 spiro atoms. The van der Waals surface area contributed by atoms with Gasteiger partial charge < -0.3 is 15.1 Å². The van der Waals surface area contributed by atoms with Crippen LogP contribution in [0.1, 0.15) is 44.1 Å². The maximum Gasteiger partial charge on any atom is 0.237 e. The van der Waals surface area contributed by atoms with E-state index in [4.69, 9.17) is 10.1 Å². The predicted molar refractivity (Wildman–Crippen MR) is 99.3 cm³/mol. The van der Waals surface area contributed by atoms with Gasteiger partial charge in [0, 0.05) is 12.6 Å². The number of benzene rings is 1. The van der Waals surface area contributed by atoms with Crippen LogP contribution in [-0.2, 0) is 16.2 Å². The van der Waals surface area contributed by atoms with Gasteiger partial charge in [-0.15, -0.1) is 0 Å². The van der Waals surface area contributed by atoms with E-state index in [1.807, 2.05) is 30.3 Å². The van der Waals surface area contributed by atoms with Crippen LogP contribution in [0.25, 0.3) is 0 Å². The van der Waals surface area contributed by atoms with Crippen molar-refractivity contribution in [2.24, 2.45) is 5.16 Å². The molecule has 138 valence electrons. The van der Waals surface area contributed by atoms with E-state index in [1.165, 1.54) is 0 Å². The standard InChI is InChI=1S/C20H26N4O2/c21-13-19-7-4-12-24(19)20(25)14-22-17-8-10-18(11-9-17)23-26-15-16-5-2-1-3-6-16/h1-3,5-6,17,19,22H,4,7-12,14-15H2/t17?,19-/m0/s1. The minimum atomic E-state index is -0.240. The third-order valence-corrected chi connectivity index (χ3v) is 5.09. The highest BCUT2D eigenvalue weighted by atomic mass is 16.6. The van der Waals surface area contributed by atoms with Gasteiger partial charge in [-0.05, 0) is 44.1 Å². The van der Waals surface area contributed by atoms with Crippen molar-refractivity contribution in [2.75, 3.05) is 13.1 Å². The van der Waals surface area contributed by atoms with E-state index in [0.29, 0.717) is 25.7 Å². The highest BCUT2D eigenvalue weighted by molar-refractivity contribution is 5.84. The van der Waals surface area contributed by atoms with Gasteiger partial charge in [0.2, 0.25) is 5.91 Å². The van der Waals surface area contributed by atoms with Gasteiger partial charge in [-0.3, -0.25) is 4.79 Å². The minimum Gasteiger partial charge on any atom is -0.391 e. The molecular formula is C20H26N4O2. The predicted octanol–water partition coefficient (Wildman–Crippen LogP) is 2.61. The lowest BCUT2D eigenvalue weighted by Gasteiger charge is -2.25. The second kappa shape index (κ2) is 9.35. The molecule has 26 heavy (non-hydrogen) atoms. The van der Waals surface area contributed by atoms with Crippen molar-refractivity contribution in [1.82, 2.24) is 10.2 Å². The average Bonchev–Trinajstić information content (AvgIpc) is 3.17. The minimum absolute atomic E-state index is 0.0414. The fourth-order valence-corrected chi connectivity index (χ4v) is 3.55. The molecule has 1 N–H and O–H groups in total. The molecule has 1 atom stereocenters. The van der Waals surface area contributed by atoms with Crippen LogP contribution in [0.15, 0.2) is 35.5 Å². The first-order valence-corrected chi connectivity index (χ1v) is 9.40. The zero-order chi connectivity index (χ0) is 18.2. The van der Waals surface area contributed by atoms with E-state index in [2.05, 4.69) is 16.5 Å². The zero-order valence-electron chi connectivity index (χ0n) is 15.1. The number of likely N-dealkylation sites (tertiary alicyclic amines) is 1. The van der Waals surface area contributed by atoms with Crippen molar-refractivity contribution in [1.29, 1.82) is 5.26 Å². The fraction of sp³-hybridized carbons (Fsp3) is 0.550. The van der Waals surface area contributed by atoms with Crippen molar-refractivity contribution in [3.63, 3.8) is 0 Å². The molecule has 1 aromatic carbocycles. The second-order valence-electron chi connectivity index (χ2n) is 6.95. The highest BCUT2D eigenvalue weighted by Gasteiger charge is 2.28. The van der Waals surface area contributed by atoms with Gasteiger partial charge in [0.05, 0.1) is 18.3 Å². The molecule has 0 radical (unpaired) electrons. The number of carbonyl (C=O) groups is 1. The first-order valence-electron chi connectivity index (χ1n) is 9.40. The summed E-state index contributed by atoms with van der Waals surface area (Å²) < 4.78 is 0. The summed E-state index contributed by atoms with van der Waals surface area (Å²) in [7, 11) is 0. The summed E-state index contributed by atoms with van der Waals surface area (Å²) in [5, 5.41) is 16.7. The summed E-state index contributed by atoms with van der Waals surface area (Å²) in [4.78, 5) is 19.4. The Morgan fingerprint density at radius 2 is 2.04 bits per heavy atom. The number of nitrogens with one attached hydrogen (secondary N) is 1. The van der Waals surface area contributed by atoms with E-state index >= 15 is 0 Å². The van der Waals surface area contributed by atoms with E-state index in [-0.39, 0.29) is 11.9 Å². The Labute approximate surface area is 154 Å². The van der Waals surface area contributed by atoms with Gasteiger partial charge in [-0.25, -0.2) is 0 Å². The zero-order valence-corrected chi connectivity index (χ0v) is 15.1. The molecule has 1 amide bonds. The summed E-state index contributed by atoms with van der Waals surface area (Å²) in [6.07, 6.45) is 5.44. The maximum absolute atomic E-state index is 12.3. The molecular weight excluding hydrogens is 328 g/mol. The van der Waals surface area contributed by atoms with Gasteiger partial charge in [0.15, 0.2) is 0 Å². The summed E-state index contributed by atoms with van der Waals surface area (Å²) in [6.45, 7) is 1.52. The average molecular weight is 354 g/mol. The molecule has 2 aliphatic rings. The molecule has 1 aliphatic heterocycles. The van der Waals surface area contributed by atoms with Crippen LogP contribution in [0.2, 0.25) is 0 Å². The van der Waals surface area contributed by atoms with Crippen molar-refractivity contribution < 1.29 is 9.63 Å². The molecule has 1 saturated heterocycles. The first kappa shape index (κ1) is 18.4. The number of rotatable bonds is 6. The fourth-order valence-electron chi connectivity index (χ4n) is 3.55. The molecule has 1 aromatic rings. The number of hydrogen-bond acceptors (Lipinski definition) is 5. The van der Waals surface area contributed by atoms with E-state index in [0.717, 1.165) is 49.8 Å². The van der Waals surface area contributed by atoms with Crippen LogP contribution in [0.5, 0.6) is 0 Å². The van der Waals surface area contributed by atoms with Crippen LogP contribution in [0, 0.1) is 11.3 Å². The van der Waals surface area contributed by atoms with Gasteiger partial charge in [0.1, 0.15) is 12.6 Å². The molecule has 1 saturated carbocycles. The second-order valence-corrected chi connectivity index (χ2v) is 6.95. The monoisotopic (exact) mass is 354 g/mol. The summed E-state index contributed by atoms with van der Waals surface area (Å²) in [6, 6.07) is 12.3. The Balaban J connectivity index is 1.35. The maximum atomic E-state index is 12.3. The van der Waals surface area contributed by atoms with E-state index in [9.17, 15) is 4.79 Å². The first-order chi connectivity index (χ1) is 12.8. The quantitative estimate of drug-likeness (QED) is 0.797. The molecule has 0 unspecified atom stereocenters. The van der Waals surface area contributed by atoms with Gasteiger partial charge in [0.25, 0.3) is 0 Å². The number of nitriles is 1. The van der Waals surface area contributed by atoms with Gasteiger partial charge in [-0.2, -0.15) is 5.26 Å². The summed E-state index contributed by atoms with van der Waals surface area (Å²) in [5.74, 6) is 0.0414. The van der Waals surface area contributed by atoms with Crippen molar-refractivity contribution >= 4 is 11.6 Å². The molecule has 1 aliphatic carbocycles. The molecule has 0 bridgehead atoms. The third kappa shape index (κ3) is 5.06. The number of carbonyl (C=O) groups excluding carboxylic acids is 1. The molecule has 6 nitrogen and oxygen atoms in total. The molecule has 2 fully saturated rings. The van der Waals surface area contributed by atoms with Crippen molar-refractivity contribution in [3.05, 3.63) is 35.9 Å². The Morgan fingerprint density at radius 3 is 2.77 bits per heavy atom. The lowest BCUT2D eigenvalue weighted by Crippen LogP contribution is -2.44. The third-order valence-electron chi connectivity index (χ3n) is 5.09. The Hall–Kier alpha value is -2.39. The lowest BCUT2D eigenvalue weighted by atomic mass is 9.94. The lowest BCUT2D eigenvalue weighted by molar-refractivity contribution is -0.130. The van der Waals surface area contributed by atoms with E-state index < -0.39 is 0 Å². The Morgan fingerprint density at radius 1 is 1.27 bits per heavy atom. The van der Waals surface area contributed by atoms with Gasteiger partial charge >= 0.3 is 0 Å². The van der Waals surface area contributed by atoms with Crippen molar-refractivity contribution in [3.8, 4) is 6.07 Å². The van der Waals surface area contributed by atoms with Crippen LogP contribution in [-0.4, -0.2) is 41.7 Å². The van der Waals surface area contributed by atoms with E-state index in [1.54, 1.807) is 4.90 Å². The Kier molecular flexibility index (Phi) is 6.62. The summed E-state index contributed by atoms with van der Waals surface area (Å²) in [5.41, 5.74) is 2.21. The molecule has 1 heterocycles. The van der Waals surface area contributed by atoms with Crippen LogP contribution < -0.4 is 5.32 Å². The largest absolute Gasteiger partial charge is 0.391 e. The van der Waals surface area contributed by atoms with Crippen LogP contribution >= 0.6 is 0 Å². The number of oxime groups is 1. The van der Waals surface area contributed by atoms with Crippen LogP contribution in [0.4, 0.5) is 0 Å². The summed E-state index contributed by atoms with van der Waals surface area (Å²) >= 11 is 0. The van der Waals surface area contributed by atoms with Crippen molar-refractivity contribution in [2.45, 2.75) is 57.2 Å². The topological polar surface area (TPSA) is 77.7 Å². The number of amides is 1. The smallest absolute Gasteiger partial charge is 0.237 e. The Bertz CT molecular complexity index is 658. The highest BCUT2D eigenvalue weighted by Crippen LogP contribution is 2.18. The van der Waals surface area contributed by atoms with Gasteiger partial charge in [-0.1, -0.05) is 35.5 Å². The normalized spacial score (nSPS) is 22.7. The number of hydrogen-bond donors (Lipinski definition) is 1. The molecule has 0 aromatic heterocycles. The molecule has 6 heteroatoms. The number of nitrogens with zero attached hydrogens (tertiary/aromatic N) is 3.